The number of nitrogens with one attached hydrogen (secondary N) is 1. The lowest BCUT2D eigenvalue weighted by atomic mass is 9.98. The van der Waals surface area contributed by atoms with Crippen LogP contribution in [0.2, 0.25) is 0 Å². The van der Waals surface area contributed by atoms with Crippen LogP contribution in [0.15, 0.2) is 42.9 Å². The number of aryl methyl sites for hydroxylation is 1. The number of hydrogen-bond acceptors (Lipinski definition) is 2. The number of aromatic nitrogens is 2. The zero-order valence-corrected chi connectivity index (χ0v) is 12.1. The van der Waals surface area contributed by atoms with Gasteiger partial charge in [-0.05, 0) is 37.2 Å². The molecule has 1 aromatic carbocycles. The molecule has 3 rings (SSSR count). The molecule has 1 aliphatic carbocycles. The Kier molecular flexibility index (Phi) is 4.16. The summed E-state index contributed by atoms with van der Waals surface area (Å²) in [5.41, 5.74) is 2.74. The van der Waals surface area contributed by atoms with Gasteiger partial charge in [0.25, 0.3) is 0 Å². The minimum atomic E-state index is 0.665. The summed E-state index contributed by atoms with van der Waals surface area (Å²) in [6.07, 6.45) is 8.98. The molecule has 2 atom stereocenters. The van der Waals surface area contributed by atoms with E-state index < -0.39 is 0 Å². The number of nitrogens with zero attached hydrogens (tertiary/aromatic N) is 2. The van der Waals surface area contributed by atoms with Gasteiger partial charge in [0.05, 0.1) is 12.0 Å². The van der Waals surface area contributed by atoms with E-state index in [0.29, 0.717) is 6.04 Å². The highest BCUT2D eigenvalue weighted by atomic mass is 15.0. The summed E-state index contributed by atoms with van der Waals surface area (Å²) in [5, 5.41) is 3.68. The molecule has 1 aromatic heterocycles. The van der Waals surface area contributed by atoms with E-state index in [1.807, 2.05) is 12.5 Å². The summed E-state index contributed by atoms with van der Waals surface area (Å²) in [6, 6.07) is 11.5. The predicted molar refractivity (Wildman–Crippen MR) is 81.3 cm³/mol. The van der Waals surface area contributed by atoms with Crippen LogP contribution in [0.5, 0.6) is 0 Å². The highest BCUT2D eigenvalue weighted by Gasteiger charge is 2.24. The van der Waals surface area contributed by atoms with Gasteiger partial charge >= 0.3 is 0 Å². The van der Waals surface area contributed by atoms with Crippen molar-refractivity contribution < 1.29 is 0 Å². The van der Waals surface area contributed by atoms with Crippen molar-refractivity contribution in [1.29, 1.82) is 0 Å². The van der Waals surface area contributed by atoms with Crippen molar-refractivity contribution >= 4 is 0 Å². The van der Waals surface area contributed by atoms with Gasteiger partial charge in [-0.1, -0.05) is 30.3 Å². The summed E-state index contributed by atoms with van der Waals surface area (Å²) < 4.78 is 2.09. The van der Waals surface area contributed by atoms with Gasteiger partial charge < -0.3 is 9.88 Å². The van der Waals surface area contributed by atoms with Crippen molar-refractivity contribution in [2.45, 2.75) is 38.3 Å². The summed E-state index contributed by atoms with van der Waals surface area (Å²) in [5.74, 6) is 0.835. The van der Waals surface area contributed by atoms with Crippen molar-refractivity contribution in [2.75, 3.05) is 0 Å². The molecular formula is C17H23N3. The molecule has 1 aliphatic rings. The van der Waals surface area contributed by atoms with Crippen LogP contribution in [0, 0.1) is 5.92 Å². The molecule has 2 aromatic rings. The molecule has 1 saturated carbocycles. The lowest BCUT2D eigenvalue weighted by Gasteiger charge is -2.13. The molecule has 106 valence electrons. The van der Waals surface area contributed by atoms with E-state index in [9.17, 15) is 0 Å². The zero-order chi connectivity index (χ0) is 13.8. The van der Waals surface area contributed by atoms with Gasteiger partial charge in [-0.25, -0.2) is 4.98 Å². The summed E-state index contributed by atoms with van der Waals surface area (Å²) in [4.78, 5) is 4.16. The SMILES string of the molecule is Cn1cncc1CN[C@H]1CC[C@H](Cc2ccccc2)C1. The Morgan fingerprint density at radius 1 is 1.25 bits per heavy atom. The van der Waals surface area contributed by atoms with E-state index in [1.54, 1.807) is 0 Å². The first-order valence-corrected chi connectivity index (χ1v) is 7.54. The largest absolute Gasteiger partial charge is 0.337 e. The van der Waals surface area contributed by atoms with Crippen LogP contribution in [0.3, 0.4) is 0 Å². The maximum atomic E-state index is 4.16. The quantitative estimate of drug-likeness (QED) is 0.904. The first kappa shape index (κ1) is 13.4. The van der Waals surface area contributed by atoms with Crippen LogP contribution >= 0.6 is 0 Å². The highest BCUT2D eigenvalue weighted by molar-refractivity contribution is 5.15. The van der Waals surface area contributed by atoms with Crippen molar-refractivity contribution in [2.24, 2.45) is 13.0 Å². The second-order valence-corrected chi connectivity index (χ2v) is 5.94. The molecule has 0 aliphatic heterocycles. The molecule has 0 radical (unpaired) electrons. The fourth-order valence-electron chi connectivity index (χ4n) is 3.20. The van der Waals surface area contributed by atoms with E-state index >= 15 is 0 Å². The Labute approximate surface area is 121 Å². The Bertz CT molecular complexity index is 532. The monoisotopic (exact) mass is 269 g/mol. The van der Waals surface area contributed by atoms with Crippen LogP contribution in [-0.4, -0.2) is 15.6 Å². The topological polar surface area (TPSA) is 29.9 Å². The van der Waals surface area contributed by atoms with Gasteiger partial charge in [0.15, 0.2) is 0 Å². The summed E-state index contributed by atoms with van der Waals surface area (Å²) >= 11 is 0. The minimum absolute atomic E-state index is 0.665. The van der Waals surface area contributed by atoms with Crippen LogP contribution < -0.4 is 5.32 Å². The molecule has 0 spiro atoms. The van der Waals surface area contributed by atoms with Gasteiger partial charge in [-0.15, -0.1) is 0 Å². The zero-order valence-electron chi connectivity index (χ0n) is 12.1. The van der Waals surface area contributed by atoms with Crippen molar-refractivity contribution in [3.8, 4) is 0 Å². The van der Waals surface area contributed by atoms with Gasteiger partial charge in [-0.3, -0.25) is 0 Å². The normalized spacial score (nSPS) is 22.2. The lowest BCUT2D eigenvalue weighted by Crippen LogP contribution is -2.26. The number of hydrogen-bond donors (Lipinski definition) is 1. The predicted octanol–water partition coefficient (Wildman–Crippen LogP) is 2.92. The highest BCUT2D eigenvalue weighted by Crippen LogP contribution is 2.28. The smallest absolute Gasteiger partial charge is 0.0945 e. The third-order valence-electron chi connectivity index (χ3n) is 4.40. The maximum Gasteiger partial charge on any atom is 0.0945 e. The first-order valence-electron chi connectivity index (χ1n) is 7.54. The number of rotatable bonds is 5. The second kappa shape index (κ2) is 6.23. The Balaban J connectivity index is 1.46. The molecule has 0 saturated heterocycles. The molecule has 3 heteroatoms. The molecule has 0 unspecified atom stereocenters. The maximum absolute atomic E-state index is 4.16. The van der Waals surface area contributed by atoms with Crippen molar-refractivity contribution in [1.82, 2.24) is 14.9 Å². The third kappa shape index (κ3) is 3.28. The molecule has 1 heterocycles. The Morgan fingerprint density at radius 2 is 2.10 bits per heavy atom. The minimum Gasteiger partial charge on any atom is -0.337 e. The molecule has 3 nitrogen and oxygen atoms in total. The molecule has 0 amide bonds. The van der Waals surface area contributed by atoms with Crippen LogP contribution in [0.4, 0.5) is 0 Å². The first-order chi connectivity index (χ1) is 9.81. The van der Waals surface area contributed by atoms with E-state index in [2.05, 4.69) is 52.2 Å². The third-order valence-corrected chi connectivity index (χ3v) is 4.40. The second-order valence-electron chi connectivity index (χ2n) is 5.94. The number of benzene rings is 1. The summed E-state index contributed by atoms with van der Waals surface area (Å²) in [6.45, 7) is 0.930. The van der Waals surface area contributed by atoms with Crippen LogP contribution in [0.1, 0.15) is 30.5 Å². The van der Waals surface area contributed by atoms with Gasteiger partial charge in [-0.2, -0.15) is 0 Å². The fourth-order valence-corrected chi connectivity index (χ4v) is 3.20. The summed E-state index contributed by atoms with van der Waals surface area (Å²) in [7, 11) is 2.05. The van der Waals surface area contributed by atoms with Crippen molar-refractivity contribution in [3.05, 3.63) is 54.1 Å². The Morgan fingerprint density at radius 3 is 2.85 bits per heavy atom. The molecule has 1 N–H and O–H groups in total. The van der Waals surface area contributed by atoms with Gasteiger partial charge in [0.2, 0.25) is 0 Å². The fraction of sp³-hybridized carbons (Fsp3) is 0.471. The molecule has 1 fully saturated rings. The van der Waals surface area contributed by atoms with Crippen LogP contribution in [0.25, 0.3) is 0 Å². The van der Waals surface area contributed by atoms with Gasteiger partial charge in [0.1, 0.15) is 0 Å². The van der Waals surface area contributed by atoms with Crippen molar-refractivity contribution in [3.63, 3.8) is 0 Å². The van der Waals surface area contributed by atoms with Gasteiger partial charge in [0, 0.05) is 25.8 Å². The van der Waals surface area contributed by atoms with E-state index in [0.717, 1.165) is 12.5 Å². The Hall–Kier alpha value is -1.61. The molecular weight excluding hydrogens is 246 g/mol. The van der Waals surface area contributed by atoms with E-state index in [-0.39, 0.29) is 0 Å². The van der Waals surface area contributed by atoms with Crippen LogP contribution in [-0.2, 0) is 20.0 Å². The van der Waals surface area contributed by atoms with E-state index in [1.165, 1.54) is 36.9 Å². The number of imidazole rings is 1. The average molecular weight is 269 g/mol. The lowest BCUT2D eigenvalue weighted by molar-refractivity contribution is 0.478. The average Bonchev–Trinajstić information content (AvgIpc) is 3.07. The molecule has 0 bridgehead atoms. The molecule has 20 heavy (non-hydrogen) atoms. The van der Waals surface area contributed by atoms with E-state index in [4.69, 9.17) is 0 Å². The standard InChI is InChI=1S/C17H23N3/c1-20-13-18-11-17(20)12-19-16-8-7-15(10-16)9-14-5-3-2-4-6-14/h2-6,11,13,15-16,19H,7-10,12H2,1H3/t15-,16+/m1/s1.